The summed E-state index contributed by atoms with van der Waals surface area (Å²) in [7, 11) is 0. The van der Waals surface area contributed by atoms with Crippen LogP contribution >= 0.6 is 22.7 Å². The fourth-order valence-electron chi connectivity index (χ4n) is 1.47. The van der Waals surface area contributed by atoms with Crippen molar-refractivity contribution >= 4 is 33.7 Å². The van der Waals surface area contributed by atoms with E-state index in [1.54, 1.807) is 11.3 Å². The molecule has 0 spiro atoms. The smallest absolute Gasteiger partial charge is 0.232 e. The van der Waals surface area contributed by atoms with Gasteiger partial charge in [0.1, 0.15) is 5.01 Å². The lowest BCUT2D eigenvalue weighted by Crippen LogP contribution is -2.14. The summed E-state index contributed by atoms with van der Waals surface area (Å²) in [6.45, 7) is 2.50. The molecular weight excluding hydrogens is 282 g/mol. The molecule has 0 atom stereocenters. The summed E-state index contributed by atoms with van der Waals surface area (Å²) < 4.78 is 0. The summed E-state index contributed by atoms with van der Waals surface area (Å²) in [6.07, 6.45) is 2.05. The fraction of sp³-hybridized carbons (Fsp3) is 0.455. The molecule has 2 aromatic rings. The van der Waals surface area contributed by atoms with E-state index in [4.69, 9.17) is 5.73 Å². The molecule has 0 radical (unpaired) electrons. The highest BCUT2D eigenvalue weighted by atomic mass is 32.1. The molecule has 102 valence electrons. The molecule has 1 amide bonds. The molecule has 0 unspecified atom stereocenters. The second-order valence-corrected chi connectivity index (χ2v) is 6.10. The van der Waals surface area contributed by atoms with Crippen molar-refractivity contribution < 1.29 is 4.79 Å². The van der Waals surface area contributed by atoms with Crippen molar-refractivity contribution in [3.63, 3.8) is 0 Å². The maximum atomic E-state index is 11.8. The van der Waals surface area contributed by atoms with Crippen LogP contribution in [-0.4, -0.2) is 27.6 Å². The zero-order chi connectivity index (χ0) is 13.7. The van der Waals surface area contributed by atoms with Crippen molar-refractivity contribution in [3.05, 3.63) is 21.1 Å². The Kier molecular flexibility index (Phi) is 4.94. The molecule has 0 bridgehead atoms. The Bertz CT molecular complexity index is 551. The number of hydrogen-bond acceptors (Lipinski definition) is 7. The number of carbonyl (C=O) groups is 1. The number of anilines is 1. The van der Waals surface area contributed by atoms with Gasteiger partial charge in [0.05, 0.1) is 17.1 Å². The number of nitrogens with zero attached hydrogens (tertiary/aromatic N) is 3. The minimum absolute atomic E-state index is 0.119. The van der Waals surface area contributed by atoms with Gasteiger partial charge in [-0.3, -0.25) is 4.79 Å². The lowest BCUT2D eigenvalue weighted by Gasteiger charge is -1.98. The zero-order valence-corrected chi connectivity index (χ0v) is 12.2. The van der Waals surface area contributed by atoms with E-state index < -0.39 is 0 Å². The first-order valence-corrected chi connectivity index (χ1v) is 7.60. The summed E-state index contributed by atoms with van der Waals surface area (Å²) in [6, 6.07) is 0. The predicted octanol–water partition coefficient (Wildman–Crippen LogP) is 1.38. The molecular formula is C11H15N5OS2. The van der Waals surface area contributed by atoms with E-state index in [0.717, 1.165) is 28.6 Å². The number of amides is 1. The van der Waals surface area contributed by atoms with Crippen molar-refractivity contribution in [2.75, 3.05) is 11.9 Å². The Morgan fingerprint density at radius 3 is 3.00 bits per heavy atom. The Hall–Kier alpha value is -1.38. The largest absolute Gasteiger partial charge is 0.330 e. The van der Waals surface area contributed by atoms with Crippen LogP contribution in [0.15, 0.2) is 5.38 Å². The van der Waals surface area contributed by atoms with E-state index in [2.05, 4.69) is 20.5 Å². The lowest BCUT2D eigenvalue weighted by molar-refractivity contribution is -0.115. The monoisotopic (exact) mass is 297 g/mol. The minimum atomic E-state index is -0.119. The maximum absolute atomic E-state index is 11.8. The Labute approximate surface area is 119 Å². The van der Waals surface area contributed by atoms with Crippen LogP contribution in [0.5, 0.6) is 0 Å². The van der Waals surface area contributed by atoms with Gasteiger partial charge in [-0.25, -0.2) is 4.98 Å². The van der Waals surface area contributed by atoms with Gasteiger partial charge < -0.3 is 11.1 Å². The van der Waals surface area contributed by atoms with Gasteiger partial charge in [0.25, 0.3) is 0 Å². The normalized spacial score (nSPS) is 10.6. The van der Waals surface area contributed by atoms with Crippen LogP contribution < -0.4 is 11.1 Å². The first-order chi connectivity index (χ1) is 9.17. The van der Waals surface area contributed by atoms with E-state index in [0.29, 0.717) is 11.7 Å². The predicted molar refractivity (Wildman–Crippen MR) is 76.5 cm³/mol. The molecule has 0 saturated heterocycles. The van der Waals surface area contributed by atoms with Crippen LogP contribution in [0.3, 0.4) is 0 Å². The zero-order valence-electron chi connectivity index (χ0n) is 10.5. The van der Waals surface area contributed by atoms with E-state index in [9.17, 15) is 4.79 Å². The van der Waals surface area contributed by atoms with Gasteiger partial charge in [0.2, 0.25) is 11.0 Å². The van der Waals surface area contributed by atoms with Crippen LogP contribution in [0.25, 0.3) is 0 Å². The second kappa shape index (κ2) is 6.69. The first kappa shape index (κ1) is 14.0. The van der Waals surface area contributed by atoms with Gasteiger partial charge in [0, 0.05) is 11.8 Å². The van der Waals surface area contributed by atoms with Crippen LogP contribution in [0.4, 0.5) is 5.13 Å². The minimum Gasteiger partial charge on any atom is -0.330 e. The van der Waals surface area contributed by atoms with Crippen LogP contribution in [0.1, 0.15) is 22.1 Å². The van der Waals surface area contributed by atoms with Gasteiger partial charge in [-0.15, -0.1) is 21.5 Å². The van der Waals surface area contributed by atoms with E-state index in [-0.39, 0.29) is 12.3 Å². The van der Waals surface area contributed by atoms with Gasteiger partial charge >= 0.3 is 0 Å². The third-order valence-electron chi connectivity index (χ3n) is 2.31. The van der Waals surface area contributed by atoms with Gasteiger partial charge in [-0.2, -0.15) is 0 Å². The summed E-state index contributed by atoms with van der Waals surface area (Å²) in [4.78, 5) is 16.2. The van der Waals surface area contributed by atoms with Crippen molar-refractivity contribution in [3.8, 4) is 0 Å². The van der Waals surface area contributed by atoms with Crippen LogP contribution in [-0.2, 0) is 17.6 Å². The molecule has 0 aliphatic rings. The number of aryl methyl sites for hydroxylation is 2. The number of rotatable bonds is 6. The maximum Gasteiger partial charge on any atom is 0.232 e. The highest BCUT2D eigenvalue weighted by Crippen LogP contribution is 2.15. The summed E-state index contributed by atoms with van der Waals surface area (Å²) in [5, 5.41) is 14.7. The molecule has 0 aliphatic heterocycles. The third-order valence-corrected chi connectivity index (χ3v) is 4.02. The second-order valence-electron chi connectivity index (χ2n) is 3.98. The molecule has 0 aliphatic carbocycles. The molecule has 0 fully saturated rings. The number of nitrogens with one attached hydrogen (secondary N) is 1. The van der Waals surface area contributed by atoms with Crippen LogP contribution in [0.2, 0.25) is 0 Å². The van der Waals surface area contributed by atoms with Gasteiger partial charge in [0.15, 0.2) is 0 Å². The van der Waals surface area contributed by atoms with E-state index >= 15 is 0 Å². The van der Waals surface area contributed by atoms with Crippen molar-refractivity contribution in [2.24, 2.45) is 5.73 Å². The standard InChI is InChI=1S/C11H15N5OS2/c1-7-15-16-11(19-7)14-9(17)5-8-6-18-10(13-8)3-2-4-12/h6H,2-5,12H2,1H3,(H,14,16,17). The molecule has 0 saturated carbocycles. The Morgan fingerprint density at radius 2 is 2.32 bits per heavy atom. The van der Waals surface area contributed by atoms with Gasteiger partial charge in [-0.05, 0) is 19.9 Å². The molecule has 19 heavy (non-hydrogen) atoms. The number of nitrogens with two attached hydrogens (primary N) is 1. The van der Waals surface area contributed by atoms with Crippen molar-refractivity contribution in [2.45, 2.75) is 26.2 Å². The number of aromatic nitrogens is 3. The number of thiazole rings is 1. The average molecular weight is 297 g/mol. The SMILES string of the molecule is Cc1nnc(NC(=O)Cc2csc(CCCN)n2)s1. The molecule has 3 N–H and O–H groups in total. The Morgan fingerprint density at radius 1 is 1.47 bits per heavy atom. The lowest BCUT2D eigenvalue weighted by atomic mass is 10.3. The molecule has 2 rings (SSSR count). The van der Waals surface area contributed by atoms with E-state index in [1.807, 2.05) is 12.3 Å². The van der Waals surface area contributed by atoms with Crippen LogP contribution in [0, 0.1) is 6.92 Å². The summed E-state index contributed by atoms with van der Waals surface area (Å²) in [5.41, 5.74) is 6.24. The van der Waals surface area contributed by atoms with Crippen molar-refractivity contribution in [1.82, 2.24) is 15.2 Å². The molecule has 2 aromatic heterocycles. The molecule has 0 aromatic carbocycles. The summed E-state index contributed by atoms with van der Waals surface area (Å²) in [5.74, 6) is -0.119. The topological polar surface area (TPSA) is 93.8 Å². The summed E-state index contributed by atoms with van der Waals surface area (Å²) >= 11 is 2.93. The average Bonchev–Trinajstić information content (AvgIpc) is 2.96. The molecule has 8 heteroatoms. The van der Waals surface area contributed by atoms with Crippen molar-refractivity contribution in [1.29, 1.82) is 0 Å². The highest BCUT2D eigenvalue weighted by Gasteiger charge is 2.10. The Balaban J connectivity index is 1.86. The first-order valence-electron chi connectivity index (χ1n) is 5.90. The van der Waals surface area contributed by atoms with Gasteiger partial charge in [-0.1, -0.05) is 11.3 Å². The molecule has 6 nitrogen and oxygen atoms in total. The quantitative estimate of drug-likeness (QED) is 0.840. The highest BCUT2D eigenvalue weighted by molar-refractivity contribution is 7.15. The molecule has 2 heterocycles. The number of hydrogen-bond donors (Lipinski definition) is 2. The number of carbonyl (C=O) groups excluding carboxylic acids is 1. The fourth-order valence-corrected chi connectivity index (χ4v) is 2.92. The van der Waals surface area contributed by atoms with E-state index in [1.165, 1.54) is 11.3 Å². The third kappa shape index (κ3) is 4.34.